The molecule has 3 aromatic rings. The zero-order valence-corrected chi connectivity index (χ0v) is 20.2. The Morgan fingerprint density at radius 3 is 2.39 bits per heavy atom. The summed E-state index contributed by atoms with van der Waals surface area (Å²) in [7, 11) is 1.56. The van der Waals surface area contributed by atoms with Crippen LogP contribution in [0.1, 0.15) is 23.2 Å². The second-order valence-electron chi connectivity index (χ2n) is 8.56. The minimum absolute atomic E-state index is 0.0618. The van der Waals surface area contributed by atoms with Crippen molar-refractivity contribution in [3.8, 4) is 0 Å². The fourth-order valence-corrected chi connectivity index (χ4v) is 4.11. The van der Waals surface area contributed by atoms with Crippen LogP contribution >= 0.6 is 0 Å². The highest BCUT2D eigenvalue weighted by atomic mass is 19.1. The van der Waals surface area contributed by atoms with E-state index >= 15 is 4.39 Å². The van der Waals surface area contributed by atoms with Crippen molar-refractivity contribution in [3.05, 3.63) is 46.0 Å². The van der Waals surface area contributed by atoms with Crippen molar-refractivity contribution in [3.63, 3.8) is 0 Å². The zero-order valence-electron chi connectivity index (χ0n) is 20.2. The van der Waals surface area contributed by atoms with Gasteiger partial charge in [0.2, 0.25) is 12.2 Å². The minimum Gasteiger partial charge on any atom is -0.481 e. The van der Waals surface area contributed by atoms with E-state index in [2.05, 4.69) is 9.72 Å². The van der Waals surface area contributed by atoms with Gasteiger partial charge in [-0.05, 0) is 18.2 Å². The number of halogens is 1. The number of carboxylic acids is 2. The summed E-state index contributed by atoms with van der Waals surface area (Å²) in [4.78, 5) is 65.6. The molecular formula is C24H23FN4O9. The van der Waals surface area contributed by atoms with Crippen LogP contribution in [0.5, 0.6) is 0 Å². The fraction of sp³-hybridized carbons (Fsp3) is 0.333. The molecule has 38 heavy (non-hydrogen) atoms. The Kier molecular flexibility index (Phi) is 7.41. The van der Waals surface area contributed by atoms with Crippen LogP contribution in [-0.2, 0) is 26.1 Å². The van der Waals surface area contributed by atoms with Gasteiger partial charge in [0.05, 0.1) is 29.4 Å². The fourth-order valence-electron chi connectivity index (χ4n) is 4.11. The van der Waals surface area contributed by atoms with E-state index in [-0.39, 0.29) is 49.3 Å². The van der Waals surface area contributed by atoms with Crippen LogP contribution in [0.2, 0.25) is 0 Å². The molecule has 0 atom stereocenters. The van der Waals surface area contributed by atoms with Gasteiger partial charge in [0.15, 0.2) is 0 Å². The molecule has 2 aromatic heterocycles. The van der Waals surface area contributed by atoms with Crippen LogP contribution in [0.3, 0.4) is 0 Å². The molecule has 0 spiro atoms. The summed E-state index contributed by atoms with van der Waals surface area (Å²) in [5.41, 5.74) is -0.217. The zero-order chi connectivity index (χ0) is 27.6. The monoisotopic (exact) mass is 530 g/mol. The number of nitrogens with zero attached hydrogens (tertiary/aromatic N) is 4. The predicted octanol–water partition coefficient (Wildman–Crippen LogP) is 1.55. The van der Waals surface area contributed by atoms with E-state index in [1.165, 1.54) is 33.9 Å². The number of amides is 1. The highest BCUT2D eigenvalue weighted by Crippen LogP contribution is 2.28. The van der Waals surface area contributed by atoms with Crippen LogP contribution in [0.25, 0.3) is 21.9 Å². The number of aromatic carboxylic acids is 1. The van der Waals surface area contributed by atoms with Gasteiger partial charge in [-0.2, -0.15) is 0 Å². The number of benzene rings is 1. The van der Waals surface area contributed by atoms with Crippen LogP contribution in [-0.4, -0.2) is 81.6 Å². The number of esters is 1. The summed E-state index contributed by atoms with van der Waals surface area (Å²) < 4.78 is 26.1. The van der Waals surface area contributed by atoms with Crippen molar-refractivity contribution in [2.24, 2.45) is 7.05 Å². The maximum Gasteiger partial charge on any atom is 0.412 e. The molecule has 3 heterocycles. The molecule has 0 unspecified atom stereocenters. The number of rotatable bonds is 7. The van der Waals surface area contributed by atoms with Gasteiger partial charge in [0, 0.05) is 44.8 Å². The van der Waals surface area contributed by atoms with Crippen LogP contribution in [0.4, 0.5) is 14.9 Å². The van der Waals surface area contributed by atoms with Crippen molar-refractivity contribution in [1.29, 1.82) is 0 Å². The van der Waals surface area contributed by atoms with Crippen molar-refractivity contribution in [2.45, 2.75) is 12.8 Å². The summed E-state index contributed by atoms with van der Waals surface area (Å²) in [6, 6.07) is 4.18. The number of pyridine rings is 2. The first-order valence-electron chi connectivity index (χ1n) is 11.5. The highest BCUT2D eigenvalue weighted by Gasteiger charge is 2.25. The number of carbonyl (C=O) groups is 4. The molecule has 200 valence electrons. The van der Waals surface area contributed by atoms with Crippen LogP contribution in [0, 0.1) is 5.82 Å². The highest BCUT2D eigenvalue weighted by molar-refractivity contribution is 5.96. The number of hydrogen-bond donors (Lipinski definition) is 2. The maximum absolute atomic E-state index is 15.1. The smallest absolute Gasteiger partial charge is 0.412 e. The van der Waals surface area contributed by atoms with E-state index < -0.39 is 54.0 Å². The first-order valence-corrected chi connectivity index (χ1v) is 11.5. The molecule has 2 N–H and O–H groups in total. The Labute approximate surface area is 213 Å². The predicted molar refractivity (Wildman–Crippen MR) is 130 cm³/mol. The molecule has 1 aromatic carbocycles. The third-order valence-electron chi connectivity index (χ3n) is 6.06. The third-order valence-corrected chi connectivity index (χ3v) is 6.06. The van der Waals surface area contributed by atoms with Crippen molar-refractivity contribution in [2.75, 3.05) is 37.9 Å². The number of aryl methyl sites for hydroxylation is 1. The van der Waals surface area contributed by atoms with Gasteiger partial charge in [-0.1, -0.05) is 0 Å². The quantitative estimate of drug-likeness (QED) is 0.258. The van der Waals surface area contributed by atoms with E-state index in [0.717, 1.165) is 0 Å². The number of anilines is 1. The number of fused-ring (bicyclic) bond motifs is 2. The number of ether oxygens (including phenoxy) is 2. The van der Waals surface area contributed by atoms with Gasteiger partial charge in [-0.15, -0.1) is 0 Å². The lowest BCUT2D eigenvalue weighted by molar-refractivity contribution is -0.154. The second kappa shape index (κ2) is 10.7. The number of carboxylic acid groups (broad SMARTS) is 2. The van der Waals surface area contributed by atoms with E-state index in [0.29, 0.717) is 10.9 Å². The lowest BCUT2D eigenvalue weighted by atomic mass is 10.1. The lowest BCUT2D eigenvalue weighted by Crippen LogP contribution is -2.49. The molecule has 14 heteroatoms. The molecule has 1 aliphatic heterocycles. The molecule has 1 fully saturated rings. The van der Waals surface area contributed by atoms with E-state index in [9.17, 15) is 29.1 Å². The molecule has 4 rings (SSSR count). The summed E-state index contributed by atoms with van der Waals surface area (Å²) in [6.07, 6.45) is -0.279. The molecule has 0 saturated carbocycles. The average molecular weight is 530 g/mol. The average Bonchev–Trinajstić information content (AvgIpc) is 2.88. The summed E-state index contributed by atoms with van der Waals surface area (Å²) in [5, 5.41) is 18.2. The summed E-state index contributed by atoms with van der Waals surface area (Å²) in [6.45, 7) is 0.280. The van der Waals surface area contributed by atoms with E-state index in [4.69, 9.17) is 9.84 Å². The molecular weight excluding hydrogens is 507 g/mol. The summed E-state index contributed by atoms with van der Waals surface area (Å²) in [5.74, 6) is -3.90. The first kappa shape index (κ1) is 26.3. The molecule has 13 nitrogen and oxygen atoms in total. The van der Waals surface area contributed by atoms with Gasteiger partial charge in [-0.3, -0.25) is 14.4 Å². The molecule has 0 aliphatic carbocycles. The lowest BCUT2D eigenvalue weighted by Gasteiger charge is -2.35. The Balaban J connectivity index is 1.44. The topological polar surface area (TPSA) is 169 Å². The van der Waals surface area contributed by atoms with E-state index in [1.54, 1.807) is 11.9 Å². The largest absolute Gasteiger partial charge is 0.481 e. The SMILES string of the molecule is Cn1cc(C(=O)O)c(=O)c2cc3cc(F)c(N4CCN(C(=O)OCOC(=O)CCC(=O)O)CC4)cc3nc21. The number of piperazine rings is 1. The first-order chi connectivity index (χ1) is 18.0. The maximum atomic E-state index is 15.1. The Morgan fingerprint density at radius 2 is 1.74 bits per heavy atom. The molecule has 1 saturated heterocycles. The Bertz CT molecular complexity index is 1510. The van der Waals surface area contributed by atoms with Crippen molar-refractivity contribution >= 4 is 51.6 Å². The van der Waals surface area contributed by atoms with Crippen molar-refractivity contribution < 1.29 is 43.3 Å². The van der Waals surface area contributed by atoms with Crippen LogP contribution < -0.4 is 10.3 Å². The Hall–Kier alpha value is -4.75. The molecule has 1 amide bonds. The van der Waals surface area contributed by atoms with Crippen LogP contribution in [0.15, 0.2) is 29.2 Å². The van der Waals surface area contributed by atoms with Gasteiger partial charge in [-0.25, -0.2) is 19.0 Å². The number of aliphatic carboxylic acids is 1. The van der Waals surface area contributed by atoms with Gasteiger partial charge >= 0.3 is 24.0 Å². The Morgan fingerprint density at radius 1 is 1.03 bits per heavy atom. The van der Waals surface area contributed by atoms with Crippen molar-refractivity contribution in [1.82, 2.24) is 14.5 Å². The van der Waals surface area contributed by atoms with Gasteiger partial charge < -0.3 is 34.1 Å². The van der Waals surface area contributed by atoms with Gasteiger partial charge in [0.25, 0.3) is 0 Å². The van der Waals surface area contributed by atoms with Gasteiger partial charge in [0.1, 0.15) is 17.0 Å². The number of aromatic nitrogens is 2. The number of hydrogen-bond acceptors (Lipinski definition) is 9. The molecule has 0 bridgehead atoms. The normalized spacial score (nSPS) is 13.5. The third kappa shape index (κ3) is 5.48. The minimum atomic E-state index is -1.37. The summed E-state index contributed by atoms with van der Waals surface area (Å²) >= 11 is 0. The van der Waals surface area contributed by atoms with E-state index in [1.807, 2.05) is 0 Å². The molecule has 1 aliphatic rings. The standard InChI is InChI=1S/C24H23FN4O9/c1-27-11-15(23(34)35)21(33)14-8-13-9-16(25)18(10-17(13)26-22(14)27)28-4-6-29(7-5-28)24(36)38-12-37-20(32)3-2-19(30)31/h8-11H,2-7,12H2,1H3,(H,30,31)(H,34,35). The second-order valence-corrected chi connectivity index (χ2v) is 8.56. The number of carbonyl (C=O) groups excluding carboxylic acids is 2. The molecule has 0 radical (unpaired) electrons.